The van der Waals surface area contributed by atoms with Crippen molar-refractivity contribution < 1.29 is 14.3 Å². The van der Waals surface area contributed by atoms with Crippen molar-refractivity contribution in [1.29, 1.82) is 0 Å². The molecule has 0 saturated carbocycles. The van der Waals surface area contributed by atoms with Crippen molar-refractivity contribution in [2.75, 3.05) is 6.61 Å². The van der Waals surface area contributed by atoms with Crippen LogP contribution in [-0.2, 0) is 20.7 Å². The number of hydrogen-bond donors (Lipinski definition) is 1. The summed E-state index contributed by atoms with van der Waals surface area (Å²) in [7, 11) is 0. The standard InChI is InChI=1S/C15H18N2O3S2/c1-15(2,3)17-12(18)7-20-13(19)6-11-9-22-14(16-11)10-4-5-21-8-10/h4-5,8-9H,6-7H2,1-3H3,(H,17,18). The van der Waals surface area contributed by atoms with Gasteiger partial charge < -0.3 is 10.1 Å². The molecule has 2 rings (SSSR count). The first kappa shape index (κ1) is 16.6. The minimum Gasteiger partial charge on any atom is -0.455 e. The fraction of sp³-hybridized carbons (Fsp3) is 0.400. The number of rotatable bonds is 5. The molecule has 0 radical (unpaired) electrons. The Hall–Kier alpha value is -1.73. The topological polar surface area (TPSA) is 68.3 Å². The fourth-order valence-corrected chi connectivity index (χ4v) is 3.24. The summed E-state index contributed by atoms with van der Waals surface area (Å²) < 4.78 is 4.97. The smallest absolute Gasteiger partial charge is 0.312 e. The van der Waals surface area contributed by atoms with Gasteiger partial charge >= 0.3 is 5.97 Å². The first-order chi connectivity index (χ1) is 10.3. The average Bonchev–Trinajstić information content (AvgIpc) is 3.04. The van der Waals surface area contributed by atoms with E-state index in [1.165, 1.54) is 11.3 Å². The molecule has 0 aliphatic carbocycles. The third kappa shape index (κ3) is 5.23. The number of ether oxygens (including phenoxy) is 1. The van der Waals surface area contributed by atoms with Crippen LogP contribution in [0.3, 0.4) is 0 Å². The van der Waals surface area contributed by atoms with Crippen LogP contribution in [0, 0.1) is 0 Å². The van der Waals surface area contributed by atoms with Crippen LogP contribution in [0.5, 0.6) is 0 Å². The molecule has 0 aliphatic rings. The third-order valence-electron chi connectivity index (χ3n) is 2.52. The number of carbonyl (C=O) groups excluding carboxylic acids is 2. The summed E-state index contributed by atoms with van der Waals surface area (Å²) in [5, 5.41) is 9.45. The van der Waals surface area contributed by atoms with E-state index in [1.807, 2.05) is 43.0 Å². The fourth-order valence-electron chi connectivity index (χ4n) is 1.71. The molecule has 0 unspecified atom stereocenters. The van der Waals surface area contributed by atoms with Crippen LogP contribution in [0.4, 0.5) is 0 Å². The SMILES string of the molecule is CC(C)(C)NC(=O)COC(=O)Cc1csc(-c2ccsc2)n1. The number of thiophene rings is 1. The van der Waals surface area contributed by atoms with Crippen molar-refractivity contribution in [3.05, 3.63) is 27.9 Å². The van der Waals surface area contributed by atoms with Crippen LogP contribution in [0.1, 0.15) is 26.5 Å². The zero-order valence-electron chi connectivity index (χ0n) is 12.7. The molecule has 2 aromatic heterocycles. The Kier molecular flexibility index (Phi) is 5.31. The van der Waals surface area contributed by atoms with Crippen molar-refractivity contribution in [2.24, 2.45) is 0 Å². The molecule has 0 saturated heterocycles. The van der Waals surface area contributed by atoms with Crippen molar-refractivity contribution in [2.45, 2.75) is 32.7 Å². The van der Waals surface area contributed by atoms with Gasteiger partial charge in [0.05, 0.1) is 12.1 Å². The Bertz CT molecular complexity index is 642. The molecule has 0 aromatic carbocycles. The van der Waals surface area contributed by atoms with Crippen LogP contribution in [0.25, 0.3) is 10.6 Å². The molecular formula is C15H18N2O3S2. The quantitative estimate of drug-likeness (QED) is 0.851. The molecule has 0 atom stereocenters. The lowest BCUT2D eigenvalue weighted by atomic mass is 10.1. The van der Waals surface area contributed by atoms with Gasteiger partial charge in [0.25, 0.3) is 5.91 Å². The molecule has 5 nitrogen and oxygen atoms in total. The van der Waals surface area contributed by atoms with Crippen LogP contribution in [-0.4, -0.2) is 29.0 Å². The summed E-state index contributed by atoms with van der Waals surface area (Å²) in [4.78, 5) is 27.7. The van der Waals surface area contributed by atoms with Crippen LogP contribution in [0.2, 0.25) is 0 Å². The van der Waals surface area contributed by atoms with Gasteiger partial charge in [-0.2, -0.15) is 11.3 Å². The van der Waals surface area contributed by atoms with E-state index in [9.17, 15) is 9.59 Å². The largest absolute Gasteiger partial charge is 0.455 e. The van der Waals surface area contributed by atoms with E-state index in [2.05, 4.69) is 10.3 Å². The zero-order valence-corrected chi connectivity index (χ0v) is 14.3. The molecule has 22 heavy (non-hydrogen) atoms. The molecule has 0 fully saturated rings. The molecule has 1 amide bonds. The molecule has 7 heteroatoms. The number of carbonyl (C=O) groups is 2. The molecule has 0 bridgehead atoms. The van der Waals surface area contributed by atoms with Gasteiger partial charge in [-0.25, -0.2) is 4.98 Å². The first-order valence-corrected chi connectivity index (χ1v) is 8.59. The van der Waals surface area contributed by atoms with Gasteiger partial charge in [-0.15, -0.1) is 11.3 Å². The average molecular weight is 338 g/mol. The lowest BCUT2D eigenvalue weighted by Crippen LogP contribution is -2.42. The van der Waals surface area contributed by atoms with Gasteiger partial charge in [-0.1, -0.05) is 0 Å². The summed E-state index contributed by atoms with van der Waals surface area (Å²) in [5.41, 5.74) is 1.38. The minimum absolute atomic E-state index is 0.0729. The van der Waals surface area contributed by atoms with Gasteiger partial charge in [0.1, 0.15) is 5.01 Å². The summed E-state index contributed by atoms with van der Waals surface area (Å²) in [6.45, 7) is 5.34. The van der Waals surface area contributed by atoms with Crippen molar-refractivity contribution in [1.82, 2.24) is 10.3 Å². The van der Waals surface area contributed by atoms with Crippen molar-refractivity contribution in [3.8, 4) is 10.6 Å². The normalized spacial score (nSPS) is 11.2. The van der Waals surface area contributed by atoms with Gasteiger partial charge in [-0.3, -0.25) is 9.59 Å². The van der Waals surface area contributed by atoms with Gasteiger partial charge in [0.2, 0.25) is 0 Å². The molecule has 118 valence electrons. The maximum absolute atomic E-state index is 11.7. The van der Waals surface area contributed by atoms with Crippen LogP contribution in [0.15, 0.2) is 22.2 Å². The molecule has 0 aliphatic heterocycles. The number of nitrogens with one attached hydrogen (secondary N) is 1. The predicted molar refractivity (Wildman–Crippen MR) is 88.0 cm³/mol. The monoisotopic (exact) mass is 338 g/mol. The minimum atomic E-state index is -0.453. The molecule has 0 spiro atoms. The second kappa shape index (κ2) is 7.02. The molecule has 2 aromatic rings. The number of aromatic nitrogens is 1. The van der Waals surface area contributed by atoms with E-state index in [4.69, 9.17) is 4.74 Å². The Morgan fingerprint density at radius 1 is 1.32 bits per heavy atom. The Morgan fingerprint density at radius 3 is 2.73 bits per heavy atom. The van der Waals surface area contributed by atoms with E-state index in [1.54, 1.807) is 11.3 Å². The summed E-state index contributed by atoms with van der Waals surface area (Å²) in [6.07, 6.45) is 0.0729. The van der Waals surface area contributed by atoms with Crippen molar-refractivity contribution in [3.63, 3.8) is 0 Å². The van der Waals surface area contributed by atoms with Crippen LogP contribution >= 0.6 is 22.7 Å². The number of hydrogen-bond acceptors (Lipinski definition) is 6. The summed E-state index contributed by atoms with van der Waals surface area (Å²) >= 11 is 3.09. The van der Waals surface area contributed by atoms with E-state index in [-0.39, 0.29) is 24.5 Å². The lowest BCUT2D eigenvalue weighted by Gasteiger charge is -2.20. The third-order valence-corrected chi connectivity index (χ3v) is 4.15. The Balaban J connectivity index is 1.81. The van der Waals surface area contributed by atoms with E-state index >= 15 is 0 Å². The maximum Gasteiger partial charge on any atom is 0.312 e. The van der Waals surface area contributed by atoms with E-state index in [0.29, 0.717) is 5.69 Å². The zero-order chi connectivity index (χ0) is 16.2. The maximum atomic E-state index is 11.7. The van der Waals surface area contributed by atoms with E-state index < -0.39 is 5.97 Å². The summed E-state index contributed by atoms with van der Waals surface area (Å²) in [5.74, 6) is -0.760. The lowest BCUT2D eigenvalue weighted by molar-refractivity contribution is -0.148. The highest BCUT2D eigenvalue weighted by molar-refractivity contribution is 7.14. The molecule has 1 N–H and O–H groups in total. The highest BCUT2D eigenvalue weighted by atomic mass is 32.1. The van der Waals surface area contributed by atoms with Gasteiger partial charge in [0, 0.05) is 21.9 Å². The number of amides is 1. The number of nitrogens with zero attached hydrogens (tertiary/aromatic N) is 1. The first-order valence-electron chi connectivity index (χ1n) is 6.77. The Labute approximate surface area is 137 Å². The van der Waals surface area contributed by atoms with Crippen LogP contribution < -0.4 is 5.32 Å². The van der Waals surface area contributed by atoms with E-state index in [0.717, 1.165) is 10.6 Å². The summed E-state index contributed by atoms with van der Waals surface area (Å²) in [6, 6.07) is 1.99. The van der Waals surface area contributed by atoms with Crippen molar-refractivity contribution >= 4 is 34.6 Å². The number of esters is 1. The number of thiazole rings is 1. The second-order valence-electron chi connectivity index (χ2n) is 5.79. The second-order valence-corrected chi connectivity index (χ2v) is 7.43. The highest BCUT2D eigenvalue weighted by Crippen LogP contribution is 2.25. The molecular weight excluding hydrogens is 320 g/mol. The predicted octanol–water partition coefficient (Wildman–Crippen LogP) is 2.87. The highest BCUT2D eigenvalue weighted by Gasteiger charge is 2.16. The molecule has 2 heterocycles. The Morgan fingerprint density at radius 2 is 2.09 bits per heavy atom. The van der Waals surface area contributed by atoms with Gasteiger partial charge in [-0.05, 0) is 32.2 Å². The van der Waals surface area contributed by atoms with Gasteiger partial charge in [0.15, 0.2) is 6.61 Å².